The van der Waals surface area contributed by atoms with Crippen molar-refractivity contribution in [2.45, 2.75) is 32.8 Å². The van der Waals surface area contributed by atoms with Crippen LogP contribution in [0.2, 0.25) is 5.02 Å². The molecule has 1 atom stereocenters. The lowest BCUT2D eigenvalue weighted by Crippen LogP contribution is -2.32. The van der Waals surface area contributed by atoms with Gasteiger partial charge in [0.15, 0.2) is 0 Å². The molecule has 8 heteroatoms. The van der Waals surface area contributed by atoms with E-state index in [0.29, 0.717) is 39.8 Å². The van der Waals surface area contributed by atoms with Gasteiger partial charge < -0.3 is 25.3 Å². The molecule has 2 aromatic rings. The van der Waals surface area contributed by atoms with Gasteiger partial charge in [-0.05, 0) is 49.2 Å². The highest BCUT2D eigenvalue weighted by Crippen LogP contribution is 2.42. The molecule has 0 fully saturated rings. The number of rotatable bonds is 6. The fourth-order valence-electron chi connectivity index (χ4n) is 3.40. The zero-order valence-electron chi connectivity index (χ0n) is 16.0. The van der Waals surface area contributed by atoms with Gasteiger partial charge in [0.05, 0.1) is 23.3 Å². The van der Waals surface area contributed by atoms with Crippen molar-refractivity contribution in [1.29, 1.82) is 0 Å². The van der Waals surface area contributed by atoms with Gasteiger partial charge in [-0.25, -0.2) is 9.59 Å². The van der Waals surface area contributed by atoms with Gasteiger partial charge in [0.25, 0.3) is 0 Å². The molecule has 0 spiro atoms. The molecule has 1 unspecified atom stereocenters. The summed E-state index contributed by atoms with van der Waals surface area (Å²) in [5.74, 6) is -2.27. The predicted octanol–water partition coefficient (Wildman–Crippen LogP) is 3.97. The van der Waals surface area contributed by atoms with Crippen LogP contribution in [0, 0.1) is 0 Å². The largest absolute Gasteiger partial charge is 0.478 e. The SMILES string of the molecule is CCC1=C(C(=O)O)C(c2cc(N)ccc2Cl)C(C(=O)OCc2ccco2)=C(C)N1. The second-order valence-corrected chi connectivity index (χ2v) is 6.99. The van der Waals surface area contributed by atoms with Gasteiger partial charge in [-0.15, -0.1) is 0 Å². The topological polar surface area (TPSA) is 115 Å². The number of carbonyl (C=O) groups is 2. The van der Waals surface area contributed by atoms with Crippen molar-refractivity contribution in [2.75, 3.05) is 5.73 Å². The maximum absolute atomic E-state index is 13.0. The summed E-state index contributed by atoms with van der Waals surface area (Å²) in [5.41, 5.74) is 7.96. The van der Waals surface area contributed by atoms with E-state index in [1.807, 2.05) is 6.92 Å². The smallest absolute Gasteiger partial charge is 0.337 e. The molecule has 152 valence electrons. The summed E-state index contributed by atoms with van der Waals surface area (Å²) in [6, 6.07) is 8.15. The standard InChI is InChI=1S/C21H21ClN2O5/c1-3-16-19(20(25)26)18(14-9-12(23)6-7-15(14)22)17(11(2)24-16)21(27)29-10-13-5-4-8-28-13/h4-9,18,24H,3,10,23H2,1-2H3,(H,25,26). The number of furan rings is 1. The molecule has 4 N–H and O–H groups in total. The summed E-state index contributed by atoms with van der Waals surface area (Å²) in [7, 11) is 0. The summed E-state index contributed by atoms with van der Waals surface area (Å²) >= 11 is 6.39. The van der Waals surface area contributed by atoms with Gasteiger partial charge in [0.1, 0.15) is 12.4 Å². The Balaban J connectivity index is 2.09. The van der Waals surface area contributed by atoms with Gasteiger partial charge in [0.2, 0.25) is 0 Å². The zero-order chi connectivity index (χ0) is 21.1. The molecule has 29 heavy (non-hydrogen) atoms. The number of anilines is 1. The lowest BCUT2D eigenvalue weighted by atomic mass is 9.79. The van der Waals surface area contributed by atoms with Crippen LogP contribution in [0.5, 0.6) is 0 Å². The number of dihydropyridines is 1. The number of ether oxygens (including phenoxy) is 1. The second-order valence-electron chi connectivity index (χ2n) is 6.58. The monoisotopic (exact) mass is 416 g/mol. The minimum atomic E-state index is -1.15. The van der Waals surface area contributed by atoms with Crippen molar-refractivity contribution in [2.24, 2.45) is 0 Å². The van der Waals surface area contributed by atoms with Gasteiger partial charge in [-0.2, -0.15) is 0 Å². The average Bonchev–Trinajstić information content (AvgIpc) is 3.20. The number of aliphatic carboxylic acids is 1. The molecule has 0 radical (unpaired) electrons. The molecule has 0 saturated heterocycles. The Bertz CT molecular complexity index is 1010. The molecule has 0 amide bonds. The maximum atomic E-state index is 13.0. The van der Waals surface area contributed by atoms with E-state index >= 15 is 0 Å². The molecule has 1 aliphatic rings. The van der Waals surface area contributed by atoms with E-state index in [0.717, 1.165) is 0 Å². The molecule has 1 aromatic heterocycles. The number of allylic oxidation sites excluding steroid dienone is 2. The van der Waals surface area contributed by atoms with Crippen molar-refractivity contribution in [3.05, 3.63) is 75.5 Å². The van der Waals surface area contributed by atoms with E-state index in [9.17, 15) is 14.7 Å². The van der Waals surface area contributed by atoms with Crippen LogP contribution in [0.4, 0.5) is 5.69 Å². The Morgan fingerprint density at radius 1 is 1.31 bits per heavy atom. The minimum absolute atomic E-state index is 0.0375. The summed E-state index contributed by atoms with van der Waals surface area (Å²) in [6.07, 6.45) is 1.91. The number of hydrogen-bond donors (Lipinski definition) is 3. The van der Waals surface area contributed by atoms with Crippen molar-refractivity contribution in [3.63, 3.8) is 0 Å². The fraction of sp³-hybridized carbons (Fsp3) is 0.238. The van der Waals surface area contributed by atoms with Crippen LogP contribution in [0.3, 0.4) is 0 Å². The highest BCUT2D eigenvalue weighted by molar-refractivity contribution is 6.31. The first-order valence-electron chi connectivity index (χ1n) is 9.02. The van der Waals surface area contributed by atoms with Gasteiger partial charge in [-0.3, -0.25) is 0 Å². The third kappa shape index (κ3) is 4.14. The van der Waals surface area contributed by atoms with Gasteiger partial charge in [-0.1, -0.05) is 18.5 Å². The molecule has 2 heterocycles. The lowest BCUT2D eigenvalue weighted by molar-refractivity contribution is -0.141. The Morgan fingerprint density at radius 3 is 2.69 bits per heavy atom. The number of benzene rings is 1. The first-order valence-corrected chi connectivity index (χ1v) is 9.39. The van der Waals surface area contributed by atoms with Gasteiger partial charge in [0, 0.05) is 22.1 Å². The van der Waals surface area contributed by atoms with Gasteiger partial charge >= 0.3 is 11.9 Å². The molecule has 3 rings (SSSR count). The quantitative estimate of drug-likeness (QED) is 0.482. The van der Waals surface area contributed by atoms with E-state index in [-0.39, 0.29) is 17.8 Å². The number of nitrogens with one attached hydrogen (secondary N) is 1. The van der Waals surface area contributed by atoms with E-state index in [4.69, 9.17) is 26.5 Å². The minimum Gasteiger partial charge on any atom is -0.478 e. The third-order valence-corrected chi connectivity index (χ3v) is 5.05. The predicted molar refractivity (Wildman–Crippen MR) is 108 cm³/mol. The Labute approximate surface area is 172 Å². The Morgan fingerprint density at radius 2 is 2.07 bits per heavy atom. The first kappa shape index (κ1) is 20.5. The van der Waals surface area contributed by atoms with E-state index in [1.54, 1.807) is 37.3 Å². The first-order chi connectivity index (χ1) is 13.8. The van der Waals surface area contributed by atoms with Crippen LogP contribution in [-0.4, -0.2) is 17.0 Å². The zero-order valence-corrected chi connectivity index (χ0v) is 16.7. The number of halogens is 1. The number of carboxylic acids is 1. The van der Waals surface area contributed by atoms with Crippen LogP contribution >= 0.6 is 11.6 Å². The van der Waals surface area contributed by atoms with Crippen molar-refractivity contribution >= 4 is 29.2 Å². The van der Waals surface area contributed by atoms with Crippen LogP contribution in [0.1, 0.15) is 37.5 Å². The summed E-state index contributed by atoms with van der Waals surface area (Å²) in [6.45, 7) is 3.45. The molecule has 1 aromatic carbocycles. The summed E-state index contributed by atoms with van der Waals surface area (Å²) < 4.78 is 10.6. The molecular formula is C21H21ClN2O5. The van der Waals surface area contributed by atoms with E-state index in [1.165, 1.54) is 6.26 Å². The fourth-order valence-corrected chi connectivity index (χ4v) is 3.63. The van der Waals surface area contributed by atoms with Crippen LogP contribution in [0.15, 0.2) is 63.6 Å². The Hall–Kier alpha value is -3.19. The summed E-state index contributed by atoms with van der Waals surface area (Å²) in [4.78, 5) is 25.2. The molecule has 0 bridgehead atoms. The molecular weight excluding hydrogens is 396 g/mol. The highest BCUT2D eigenvalue weighted by Gasteiger charge is 2.39. The number of carbonyl (C=O) groups excluding carboxylic acids is 1. The molecule has 7 nitrogen and oxygen atoms in total. The number of nitrogens with two attached hydrogens (primary N) is 1. The summed E-state index contributed by atoms with van der Waals surface area (Å²) in [5, 5.41) is 13.3. The average molecular weight is 417 g/mol. The highest BCUT2D eigenvalue weighted by atomic mass is 35.5. The van der Waals surface area contributed by atoms with Crippen LogP contribution in [0.25, 0.3) is 0 Å². The molecule has 0 aliphatic carbocycles. The third-order valence-electron chi connectivity index (χ3n) is 4.71. The normalized spacial score (nSPS) is 16.6. The van der Waals surface area contributed by atoms with E-state index in [2.05, 4.69) is 5.32 Å². The van der Waals surface area contributed by atoms with Crippen molar-refractivity contribution in [1.82, 2.24) is 5.32 Å². The number of esters is 1. The van der Waals surface area contributed by atoms with E-state index < -0.39 is 17.9 Å². The van der Waals surface area contributed by atoms with Crippen molar-refractivity contribution < 1.29 is 23.8 Å². The van der Waals surface area contributed by atoms with Crippen LogP contribution < -0.4 is 11.1 Å². The maximum Gasteiger partial charge on any atom is 0.337 e. The number of hydrogen-bond acceptors (Lipinski definition) is 6. The molecule has 1 aliphatic heterocycles. The lowest BCUT2D eigenvalue weighted by Gasteiger charge is -2.31. The number of nitrogen functional groups attached to an aromatic ring is 1. The Kier molecular flexibility index (Phi) is 5.98. The molecule has 0 saturated carbocycles. The second kappa shape index (κ2) is 8.45. The van der Waals surface area contributed by atoms with Crippen LogP contribution in [-0.2, 0) is 20.9 Å². The van der Waals surface area contributed by atoms with Crippen molar-refractivity contribution in [3.8, 4) is 0 Å². The number of carboxylic acid groups (broad SMARTS) is 1.